The Morgan fingerprint density at radius 1 is 1.04 bits per heavy atom. The van der Waals surface area contributed by atoms with E-state index in [4.69, 9.17) is 0 Å². The van der Waals surface area contributed by atoms with Gasteiger partial charge in [0.05, 0.1) is 15.5 Å². The lowest BCUT2D eigenvalue weighted by molar-refractivity contribution is -0.384. The van der Waals surface area contributed by atoms with Crippen LogP contribution in [0.25, 0.3) is 0 Å². The summed E-state index contributed by atoms with van der Waals surface area (Å²) in [5.74, 6) is -0.419. The predicted molar refractivity (Wildman–Crippen MR) is 92.8 cm³/mol. The number of rotatable bonds is 6. The van der Waals surface area contributed by atoms with Gasteiger partial charge in [-0.3, -0.25) is 19.2 Å². The van der Waals surface area contributed by atoms with E-state index in [1.807, 2.05) is 0 Å². The number of sulfonamides is 1. The number of nitrogens with zero attached hydrogens (tertiary/aromatic N) is 3. The number of nitro groups is 1. The molecule has 2 rings (SSSR count). The second-order valence-electron chi connectivity index (χ2n) is 5.39. The Morgan fingerprint density at radius 2 is 1.60 bits per heavy atom. The Balaban J connectivity index is 2.50. The van der Waals surface area contributed by atoms with Gasteiger partial charge in [0.15, 0.2) is 0 Å². The zero-order valence-corrected chi connectivity index (χ0v) is 14.5. The topological polar surface area (TPSA) is 101 Å². The van der Waals surface area contributed by atoms with Gasteiger partial charge in [-0.05, 0) is 24.3 Å². The third-order valence-electron chi connectivity index (χ3n) is 3.46. The normalized spacial score (nSPS) is 11.0. The molecule has 0 unspecified atom stereocenters. The predicted octanol–water partition coefficient (Wildman–Crippen LogP) is 1.88. The van der Waals surface area contributed by atoms with Crippen LogP contribution in [0, 0.1) is 10.1 Å². The van der Waals surface area contributed by atoms with Crippen LogP contribution < -0.4 is 4.31 Å². The van der Waals surface area contributed by atoms with Crippen molar-refractivity contribution in [3.05, 3.63) is 64.7 Å². The molecule has 9 heteroatoms. The van der Waals surface area contributed by atoms with Crippen molar-refractivity contribution < 1.29 is 18.1 Å². The molecule has 132 valence electrons. The van der Waals surface area contributed by atoms with Crippen molar-refractivity contribution >= 4 is 27.3 Å². The fourth-order valence-corrected chi connectivity index (χ4v) is 3.47. The maximum absolute atomic E-state index is 12.9. The molecule has 2 aromatic rings. The minimum Gasteiger partial charge on any atom is -0.347 e. The van der Waals surface area contributed by atoms with Crippen LogP contribution in [0.4, 0.5) is 11.4 Å². The zero-order chi connectivity index (χ0) is 18.6. The SMILES string of the molecule is CN(C)C(=O)CN(c1ccc([N+](=O)[O-])cc1)S(=O)(=O)c1ccccc1. The quantitative estimate of drug-likeness (QED) is 0.576. The van der Waals surface area contributed by atoms with Gasteiger partial charge >= 0.3 is 0 Å². The third-order valence-corrected chi connectivity index (χ3v) is 5.25. The Morgan fingerprint density at radius 3 is 2.08 bits per heavy atom. The summed E-state index contributed by atoms with van der Waals surface area (Å²) < 4.78 is 26.8. The van der Waals surface area contributed by atoms with Crippen molar-refractivity contribution in [2.75, 3.05) is 24.9 Å². The van der Waals surface area contributed by atoms with Gasteiger partial charge in [-0.2, -0.15) is 0 Å². The van der Waals surface area contributed by atoms with E-state index in [1.165, 1.54) is 55.4 Å². The molecule has 2 aromatic carbocycles. The lowest BCUT2D eigenvalue weighted by Crippen LogP contribution is -2.40. The van der Waals surface area contributed by atoms with Crippen LogP contribution in [0.15, 0.2) is 59.5 Å². The molecule has 0 radical (unpaired) electrons. The number of carbonyl (C=O) groups is 1. The van der Waals surface area contributed by atoms with Crippen LogP contribution in [-0.2, 0) is 14.8 Å². The Bertz CT molecular complexity index is 864. The maximum atomic E-state index is 12.9. The highest BCUT2D eigenvalue weighted by molar-refractivity contribution is 7.92. The molecule has 0 aliphatic heterocycles. The Hall–Kier alpha value is -2.94. The van der Waals surface area contributed by atoms with E-state index in [0.29, 0.717) is 0 Å². The van der Waals surface area contributed by atoms with Crippen molar-refractivity contribution in [2.45, 2.75) is 4.90 Å². The summed E-state index contributed by atoms with van der Waals surface area (Å²) in [5, 5.41) is 10.8. The summed E-state index contributed by atoms with van der Waals surface area (Å²) >= 11 is 0. The van der Waals surface area contributed by atoms with E-state index in [0.717, 1.165) is 4.31 Å². The van der Waals surface area contributed by atoms with Crippen LogP contribution in [0.1, 0.15) is 0 Å². The molecule has 0 saturated carbocycles. The monoisotopic (exact) mass is 363 g/mol. The van der Waals surface area contributed by atoms with Crippen LogP contribution in [0.5, 0.6) is 0 Å². The standard InChI is InChI=1S/C16H17N3O5S/c1-17(2)16(20)12-18(13-8-10-14(11-9-13)19(21)22)25(23,24)15-6-4-3-5-7-15/h3-11H,12H2,1-2H3. The molecule has 0 aliphatic carbocycles. The fourth-order valence-electron chi connectivity index (χ4n) is 2.04. The summed E-state index contributed by atoms with van der Waals surface area (Å²) in [7, 11) is -0.961. The molecule has 0 aliphatic rings. The molecular weight excluding hydrogens is 346 g/mol. The highest BCUT2D eigenvalue weighted by atomic mass is 32.2. The van der Waals surface area contributed by atoms with Crippen molar-refractivity contribution in [1.82, 2.24) is 4.90 Å². The number of amides is 1. The van der Waals surface area contributed by atoms with Crippen molar-refractivity contribution in [3.63, 3.8) is 0 Å². The lowest BCUT2D eigenvalue weighted by Gasteiger charge is -2.25. The molecule has 0 spiro atoms. The van der Waals surface area contributed by atoms with Crippen LogP contribution in [0.3, 0.4) is 0 Å². The van der Waals surface area contributed by atoms with Gasteiger partial charge in [0.1, 0.15) is 6.54 Å². The van der Waals surface area contributed by atoms with E-state index in [2.05, 4.69) is 0 Å². The molecule has 0 aromatic heterocycles. The number of anilines is 1. The van der Waals surface area contributed by atoms with E-state index in [-0.39, 0.29) is 16.3 Å². The van der Waals surface area contributed by atoms with Gasteiger partial charge in [-0.15, -0.1) is 0 Å². The number of nitro benzene ring substituents is 1. The van der Waals surface area contributed by atoms with Crippen molar-refractivity contribution in [3.8, 4) is 0 Å². The number of hydrogen-bond acceptors (Lipinski definition) is 5. The van der Waals surface area contributed by atoms with E-state index in [9.17, 15) is 23.3 Å². The highest BCUT2D eigenvalue weighted by Crippen LogP contribution is 2.25. The molecular formula is C16H17N3O5S. The number of likely N-dealkylation sites (N-methyl/N-ethyl adjacent to an activating group) is 1. The number of carbonyl (C=O) groups excluding carboxylic acids is 1. The molecule has 8 nitrogen and oxygen atoms in total. The molecule has 1 amide bonds. The molecule has 0 bridgehead atoms. The second kappa shape index (κ2) is 7.31. The number of non-ortho nitro benzene ring substituents is 1. The first-order valence-corrected chi connectivity index (χ1v) is 8.70. The lowest BCUT2D eigenvalue weighted by atomic mass is 10.3. The summed E-state index contributed by atoms with van der Waals surface area (Å²) in [6, 6.07) is 12.7. The van der Waals surface area contributed by atoms with E-state index in [1.54, 1.807) is 18.2 Å². The minimum absolute atomic E-state index is 0.0277. The average Bonchev–Trinajstić information content (AvgIpc) is 2.60. The largest absolute Gasteiger partial charge is 0.347 e. The zero-order valence-electron chi connectivity index (χ0n) is 13.7. The van der Waals surface area contributed by atoms with Crippen molar-refractivity contribution in [2.24, 2.45) is 0 Å². The van der Waals surface area contributed by atoms with Gasteiger partial charge in [0.25, 0.3) is 15.7 Å². The smallest absolute Gasteiger partial charge is 0.269 e. The van der Waals surface area contributed by atoms with Crippen molar-refractivity contribution in [1.29, 1.82) is 0 Å². The minimum atomic E-state index is -4.00. The van der Waals surface area contributed by atoms with Crippen LogP contribution in [0.2, 0.25) is 0 Å². The highest BCUT2D eigenvalue weighted by Gasteiger charge is 2.27. The van der Waals surface area contributed by atoms with Crippen LogP contribution in [-0.4, -0.2) is 44.8 Å². The van der Waals surface area contributed by atoms with Gasteiger partial charge in [0.2, 0.25) is 5.91 Å². The Kier molecular flexibility index (Phi) is 5.38. The first-order valence-electron chi connectivity index (χ1n) is 7.26. The van der Waals surface area contributed by atoms with Gasteiger partial charge in [-0.1, -0.05) is 18.2 Å². The average molecular weight is 363 g/mol. The molecule has 0 heterocycles. The molecule has 0 fully saturated rings. The summed E-state index contributed by atoms with van der Waals surface area (Å²) in [5.41, 5.74) is 0.00407. The molecule has 0 atom stereocenters. The number of benzene rings is 2. The third kappa shape index (κ3) is 4.13. The second-order valence-corrected chi connectivity index (χ2v) is 7.25. The molecule has 25 heavy (non-hydrogen) atoms. The first kappa shape index (κ1) is 18.4. The maximum Gasteiger partial charge on any atom is 0.269 e. The van der Waals surface area contributed by atoms with E-state index < -0.39 is 27.4 Å². The van der Waals surface area contributed by atoms with E-state index >= 15 is 0 Å². The Labute approximate surface area is 145 Å². The fraction of sp³-hybridized carbons (Fsp3) is 0.188. The summed E-state index contributed by atoms with van der Waals surface area (Å²) in [6.45, 7) is -0.415. The van der Waals surface area contributed by atoms with Crippen LogP contribution >= 0.6 is 0 Å². The van der Waals surface area contributed by atoms with Gasteiger partial charge in [0, 0.05) is 26.2 Å². The summed E-state index contributed by atoms with van der Waals surface area (Å²) in [4.78, 5) is 23.6. The molecule has 0 saturated heterocycles. The first-order chi connectivity index (χ1) is 11.7. The van der Waals surface area contributed by atoms with Gasteiger partial charge in [-0.25, -0.2) is 8.42 Å². The molecule has 0 N–H and O–H groups in total. The van der Waals surface area contributed by atoms with Gasteiger partial charge < -0.3 is 4.90 Å². The number of hydrogen-bond donors (Lipinski definition) is 0. The summed E-state index contributed by atoms with van der Waals surface area (Å²) in [6.07, 6.45) is 0.